The summed E-state index contributed by atoms with van der Waals surface area (Å²) < 4.78 is 14.9. The molecule has 0 aliphatic rings. The second-order valence-electron chi connectivity index (χ2n) is 5.48. The van der Waals surface area contributed by atoms with E-state index in [1.165, 1.54) is 23.5 Å². The normalized spacial score (nSPS) is 10.6. The number of rotatable bonds is 7. The molecule has 25 heavy (non-hydrogen) atoms. The van der Waals surface area contributed by atoms with Crippen LogP contribution in [0.1, 0.15) is 21.8 Å². The Morgan fingerprint density at radius 2 is 2.12 bits per heavy atom. The first-order valence-corrected chi connectivity index (χ1v) is 8.67. The van der Waals surface area contributed by atoms with Crippen molar-refractivity contribution in [2.24, 2.45) is 0 Å². The molecule has 130 valence electrons. The largest absolute Gasteiger partial charge is 0.351 e. The Balaban J connectivity index is 1.53. The summed E-state index contributed by atoms with van der Waals surface area (Å²) in [5, 5.41) is 6.60. The molecule has 2 N–H and O–H groups in total. The highest BCUT2D eigenvalue weighted by atomic mass is 32.1. The molecule has 1 amide bonds. The van der Waals surface area contributed by atoms with Gasteiger partial charge in [0.05, 0.1) is 12.0 Å². The van der Waals surface area contributed by atoms with E-state index in [1.54, 1.807) is 31.6 Å². The quantitative estimate of drug-likeness (QED) is 0.635. The average molecular weight is 359 g/mol. The lowest BCUT2D eigenvalue weighted by Crippen LogP contribution is -2.25. The highest BCUT2D eigenvalue weighted by Gasteiger charge is 2.15. The number of anilines is 2. The van der Waals surface area contributed by atoms with E-state index in [4.69, 9.17) is 0 Å². The van der Waals surface area contributed by atoms with Crippen molar-refractivity contribution in [2.45, 2.75) is 19.9 Å². The Bertz CT molecular complexity index is 829. The number of carbonyl (C=O) groups is 1. The van der Waals surface area contributed by atoms with Gasteiger partial charge in [-0.3, -0.25) is 4.79 Å². The molecule has 0 fully saturated rings. The van der Waals surface area contributed by atoms with Crippen LogP contribution in [0.2, 0.25) is 0 Å². The number of nitrogens with one attached hydrogen (secondary N) is 2. The Hall–Kier alpha value is -2.74. The van der Waals surface area contributed by atoms with Gasteiger partial charge in [0.1, 0.15) is 10.7 Å². The fraction of sp³-hybridized carbons (Fsp3) is 0.235. The predicted molar refractivity (Wildman–Crippen MR) is 95.7 cm³/mol. The van der Waals surface area contributed by atoms with Crippen LogP contribution in [-0.2, 0) is 6.54 Å². The molecule has 8 heteroatoms. The van der Waals surface area contributed by atoms with Gasteiger partial charge in [-0.25, -0.2) is 14.4 Å². The first-order valence-electron chi connectivity index (χ1n) is 7.86. The van der Waals surface area contributed by atoms with Crippen molar-refractivity contribution in [3.63, 3.8) is 0 Å². The third-order valence-electron chi connectivity index (χ3n) is 3.54. The molecule has 2 heterocycles. The number of halogens is 1. The lowest BCUT2D eigenvalue weighted by Gasteiger charge is -2.04. The van der Waals surface area contributed by atoms with Crippen LogP contribution in [0.5, 0.6) is 0 Å². The van der Waals surface area contributed by atoms with E-state index < -0.39 is 0 Å². The Morgan fingerprint density at radius 3 is 2.84 bits per heavy atom. The van der Waals surface area contributed by atoms with Crippen molar-refractivity contribution < 1.29 is 9.18 Å². The van der Waals surface area contributed by atoms with Gasteiger partial charge in [0, 0.05) is 31.2 Å². The van der Waals surface area contributed by atoms with Crippen molar-refractivity contribution in [3.05, 3.63) is 59.4 Å². The average Bonchev–Trinajstić information content (AvgIpc) is 3.23. The molecule has 0 atom stereocenters. The molecular weight excluding hydrogens is 341 g/mol. The maximum atomic E-state index is 12.9. The predicted octanol–water partition coefficient (Wildman–Crippen LogP) is 3.35. The molecule has 0 unspecified atom stereocenters. The molecule has 0 saturated heterocycles. The van der Waals surface area contributed by atoms with E-state index in [-0.39, 0.29) is 11.7 Å². The van der Waals surface area contributed by atoms with E-state index in [2.05, 4.69) is 20.6 Å². The first kappa shape index (κ1) is 17.1. The number of nitrogens with zero attached hydrogens (tertiary/aromatic N) is 3. The molecular formula is C17H18FN5OS. The molecule has 0 bridgehead atoms. The SMILES string of the molecule is Cc1nc(Nc2ccc(F)cc2)sc1C(=O)NCCCn1ccnc1. The standard InChI is InChI=1S/C17H18FN5OS/c1-12-15(16(24)20-7-2-9-23-10-8-19-11-23)25-17(21-12)22-14-5-3-13(18)4-6-14/h3-6,8,10-11H,2,7,9H2,1H3,(H,20,24)(H,21,22). The molecule has 2 aromatic heterocycles. The minimum absolute atomic E-state index is 0.132. The smallest absolute Gasteiger partial charge is 0.263 e. The van der Waals surface area contributed by atoms with Crippen molar-refractivity contribution in [2.75, 3.05) is 11.9 Å². The molecule has 0 aliphatic heterocycles. The number of thiazole rings is 1. The Labute approximate surface area is 148 Å². The topological polar surface area (TPSA) is 71.8 Å². The monoisotopic (exact) mass is 359 g/mol. The minimum Gasteiger partial charge on any atom is -0.351 e. The van der Waals surface area contributed by atoms with Gasteiger partial charge in [-0.15, -0.1) is 0 Å². The summed E-state index contributed by atoms with van der Waals surface area (Å²) in [4.78, 5) is 21.2. The second-order valence-corrected chi connectivity index (χ2v) is 6.47. The van der Waals surface area contributed by atoms with Crippen LogP contribution in [0.15, 0.2) is 43.0 Å². The number of amides is 1. The lowest BCUT2D eigenvalue weighted by molar-refractivity contribution is 0.0956. The minimum atomic E-state index is -0.295. The third-order valence-corrected chi connectivity index (χ3v) is 4.61. The second kappa shape index (κ2) is 7.89. The van der Waals surface area contributed by atoms with Crippen LogP contribution in [0.25, 0.3) is 0 Å². The number of benzene rings is 1. The van der Waals surface area contributed by atoms with Crippen molar-refractivity contribution in [1.29, 1.82) is 0 Å². The van der Waals surface area contributed by atoms with Crippen LogP contribution in [-0.4, -0.2) is 27.0 Å². The maximum absolute atomic E-state index is 12.9. The van der Waals surface area contributed by atoms with Gasteiger partial charge in [0.25, 0.3) is 5.91 Å². The Kier molecular flexibility index (Phi) is 5.39. The van der Waals surface area contributed by atoms with E-state index in [0.29, 0.717) is 22.2 Å². The Morgan fingerprint density at radius 1 is 1.32 bits per heavy atom. The van der Waals surface area contributed by atoms with Gasteiger partial charge in [-0.05, 0) is 37.6 Å². The van der Waals surface area contributed by atoms with Crippen LogP contribution in [0.4, 0.5) is 15.2 Å². The summed E-state index contributed by atoms with van der Waals surface area (Å²) in [5.41, 5.74) is 1.39. The molecule has 0 aliphatic carbocycles. The molecule has 0 spiro atoms. The summed E-state index contributed by atoms with van der Waals surface area (Å²) in [6.07, 6.45) is 6.20. The highest BCUT2D eigenvalue weighted by molar-refractivity contribution is 7.17. The number of aromatic nitrogens is 3. The van der Waals surface area contributed by atoms with Crippen molar-refractivity contribution in [1.82, 2.24) is 19.9 Å². The van der Waals surface area contributed by atoms with Crippen molar-refractivity contribution >= 4 is 28.1 Å². The van der Waals surface area contributed by atoms with Gasteiger partial charge in [0.15, 0.2) is 5.13 Å². The summed E-state index contributed by atoms with van der Waals surface area (Å²) in [6, 6.07) is 6.00. The van der Waals surface area contributed by atoms with Crippen LogP contribution < -0.4 is 10.6 Å². The summed E-state index contributed by atoms with van der Waals surface area (Å²) in [7, 11) is 0. The highest BCUT2D eigenvalue weighted by Crippen LogP contribution is 2.25. The fourth-order valence-corrected chi connectivity index (χ4v) is 3.18. The summed E-state index contributed by atoms with van der Waals surface area (Å²) >= 11 is 1.28. The number of hydrogen-bond donors (Lipinski definition) is 2. The van der Waals surface area contributed by atoms with Gasteiger partial charge >= 0.3 is 0 Å². The zero-order valence-electron chi connectivity index (χ0n) is 13.7. The van der Waals surface area contributed by atoms with Crippen LogP contribution >= 0.6 is 11.3 Å². The molecule has 0 saturated carbocycles. The molecule has 6 nitrogen and oxygen atoms in total. The van der Waals surface area contributed by atoms with Gasteiger partial charge in [0.2, 0.25) is 0 Å². The lowest BCUT2D eigenvalue weighted by atomic mass is 10.3. The molecule has 1 aromatic carbocycles. The van der Waals surface area contributed by atoms with Gasteiger partial charge in [-0.1, -0.05) is 11.3 Å². The first-order chi connectivity index (χ1) is 12.1. The fourth-order valence-electron chi connectivity index (χ4n) is 2.28. The van der Waals surface area contributed by atoms with E-state index >= 15 is 0 Å². The van der Waals surface area contributed by atoms with E-state index in [0.717, 1.165) is 18.7 Å². The zero-order chi connectivity index (χ0) is 17.6. The number of aryl methyl sites for hydroxylation is 2. The van der Waals surface area contributed by atoms with E-state index in [1.807, 2.05) is 10.8 Å². The van der Waals surface area contributed by atoms with Gasteiger partial charge < -0.3 is 15.2 Å². The van der Waals surface area contributed by atoms with E-state index in [9.17, 15) is 9.18 Å². The molecule has 3 rings (SSSR count). The third kappa shape index (κ3) is 4.63. The van der Waals surface area contributed by atoms with Gasteiger partial charge in [-0.2, -0.15) is 0 Å². The zero-order valence-corrected chi connectivity index (χ0v) is 14.5. The molecule has 0 radical (unpaired) electrons. The van der Waals surface area contributed by atoms with Crippen LogP contribution in [0.3, 0.4) is 0 Å². The summed E-state index contributed by atoms with van der Waals surface area (Å²) in [6.45, 7) is 3.18. The maximum Gasteiger partial charge on any atom is 0.263 e. The summed E-state index contributed by atoms with van der Waals surface area (Å²) in [5.74, 6) is -0.426. The molecule has 3 aromatic rings. The number of carbonyl (C=O) groups excluding carboxylic acids is 1. The number of imidazole rings is 1. The van der Waals surface area contributed by atoms with Crippen LogP contribution in [0, 0.1) is 12.7 Å². The number of hydrogen-bond acceptors (Lipinski definition) is 5. The van der Waals surface area contributed by atoms with Crippen molar-refractivity contribution in [3.8, 4) is 0 Å².